The number of nitrogens with zero attached hydrogens (tertiary/aromatic N) is 3. The van der Waals surface area contributed by atoms with Gasteiger partial charge in [-0.2, -0.15) is 5.26 Å². The number of rotatable bonds is 5. The lowest BCUT2D eigenvalue weighted by Crippen LogP contribution is -2.05. The Kier molecular flexibility index (Phi) is 5.12. The zero-order valence-electron chi connectivity index (χ0n) is 11.9. The Balaban J connectivity index is 2.30. The molecule has 2 rings (SSSR count). The fraction of sp³-hybridized carbons (Fsp3) is 0.267. The third-order valence-electron chi connectivity index (χ3n) is 2.81. The molecule has 5 nitrogen and oxygen atoms in total. The van der Waals surface area contributed by atoms with Crippen LogP contribution in [-0.4, -0.2) is 16.5 Å². The van der Waals surface area contributed by atoms with Crippen molar-refractivity contribution in [2.24, 2.45) is 0 Å². The molecule has 21 heavy (non-hydrogen) atoms. The smallest absolute Gasteiger partial charge is 0.136 e. The van der Waals surface area contributed by atoms with Gasteiger partial charge < -0.3 is 10.6 Å². The minimum absolute atomic E-state index is 0.609. The summed E-state index contributed by atoms with van der Waals surface area (Å²) in [5, 5.41) is 15.3. The summed E-state index contributed by atoms with van der Waals surface area (Å²) >= 11 is 3.46. The van der Waals surface area contributed by atoms with E-state index in [0.717, 1.165) is 40.6 Å². The molecule has 0 aliphatic rings. The zero-order valence-corrected chi connectivity index (χ0v) is 13.5. The van der Waals surface area contributed by atoms with E-state index in [2.05, 4.69) is 42.6 Å². The Bertz CT molecular complexity index is 678. The van der Waals surface area contributed by atoms with Gasteiger partial charge >= 0.3 is 0 Å². The van der Waals surface area contributed by atoms with Crippen LogP contribution in [0, 0.1) is 11.3 Å². The second kappa shape index (κ2) is 7.04. The third-order valence-corrected chi connectivity index (χ3v) is 3.46. The molecule has 6 heteroatoms. The van der Waals surface area contributed by atoms with E-state index in [1.807, 2.05) is 26.0 Å². The molecule has 0 fully saturated rings. The second-order valence-corrected chi connectivity index (χ2v) is 5.22. The van der Waals surface area contributed by atoms with Crippen LogP contribution >= 0.6 is 15.9 Å². The summed E-state index contributed by atoms with van der Waals surface area (Å²) in [7, 11) is 0. The fourth-order valence-corrected chi connectivity index (χ4v) is 2.29. The first kappa shape index (κ1) is 15.3. The summed E-state index contributed by atoms with van der Waals surface area (Å²) < 4.78 is 0.822. The van der Waals surface area contributed by atoms with Crippen LogP contribution in [0.3, 0.4) is 0 Å². The van der Waals surface area contributed by atoms with Gasteiger partial charge in [0.2, 0.25) is 0 Å². The highest BCUT2D eigenvalue weighted by Crippen LogP contribution is 2.26. The molecule has 0 radical (unpaired) electrons. The lowest BCUT2D eigenvalue weighted by Gasteiger charge is -2.11. The van der Waals surface area contributed by atoms with Crippen LogP contribution in [0.15, 0.2) is 28.7 Å². The molecule has 0 spiro atoms. The lowest BCUT2D eigenvalue weighted by atomic mass is 10.2. The molecule has 2 N–H and O–H groups in total. The third kappa shape index (κ3) is 3.92. The molecule has 1 heterocycles. The normalized spacial score (nSPS) is 10.0. The topological polar surface area (TPSA) is 73.6 Å². The van der Waals surface area contributed by atoms with Crippen LogP contribution < -0.4 is 10.6 Å². The molecule has 1 aromatic carbocycles. The molecule has 0 amide bonds. The van der Waals surface area contributed by atoms with Crippen molar-refractivity contribution in [2.45, 2.75) is 20.3 Å². The molecular formula is C15H16BrN5. The molecule has 1 aromatic heterocycles. The first-order valence-corrected chi connectivity index (χ1v) is 7.54. The van der Waals surface area contributed by atoms with Gasteiger partial charge in [-0.25, -0.2) is 9.97 Å². The number of anilines is 3. The molecule has 0 bridgehead atoms. The van der Waals surface area contributed by atoms with E-state index in [1.54, 1.807) is 12.1 Å². The molecule has 0 aliphatic carbocycles. The zero-order chi connectivity index (χ0) is 15.2. The summed E-state index contributed by atoms with van der Waals surface area (Å²) in [5.74, 6) is 2.31. The van der Waals surface area contributed by atoms with Crippen LogP contribution in [0.2, 0.25) is 0 Å². The van der Waals surface area contributed by atoms with E-state index in [0.29, 0.717) is 5.56 Å². The average molecular weight is 346 g/mol. The molecule has 0 unspecified atom stereocenters. The van der Waals surface area contributed by atoms with Gasteiger partial charge in [0.05, 0.1) is 17.3 Å². The Labute approximate surface area is 132 Å². The van der Waals surface area contributed by atoms with Gasteiger partial charge in [-0.15, -0.1) is 0 Å². The summed E-state index contributed by atoms with van der Waals surface area (Å²) in [6.45, 7) is 4.85. The molecule has 0 aliphatic heterocycles. The largest absolute Gasteiger partial charge is 0.370 e. The van der Waals surface area contributed by atoms with Gasteiger partial charge in [0.15, 0.2) is 0 Å². The van der Waals surface area contributed by atoms with Crippen molar-refractivity contribution in [3.8, 4) is 6.07 Å². The Hall–Kier alpha value is -2.13. The highest BCUT2D eigenvalue weighted by molar-refractivity contribution is 9.10. The molecular weight excluding hydrogens is 330 g/mol. The lowest BCUT2D eigenvalue weighted by molar-refractivity contribution is 0.939. The number of hydrogen-bond donors (Lipinski definition) is 2. The molecule has 0 saturated carbocycles. The number of halogens is 1. The summed E-state index contributed by atoms with van der Waals surface area (Å²) in [6.07, 6.45) is 0.766. The van der Waals surface area contributed by atoms with E-state index < -0.39 is 0 Å². The van der Waals surface area contributed by atoms with Crippen molar-refractivity contribution < 1.29 is 0 Å². The molecule has 108 valence electrons. The predicted octanol–water partition coefficient (Wildman–Crippen LogP) is 3.85. The number of nitriles is 1. The second-order valence-electron chi connectivity index (χ2n) is 4.37. The summed E-state index contributed by atoms with van der Waals surface area (Å²) in [6, 6.07) is 9.37. The van der Waals surface area contributed by atoms with Crippen molar-refractivity contribution in [1.82, 2.24) is 9.97 Å². The monoisotopic (exact) mass is 345 g/mol. The van der Waals surface area contributed by atoms with E-state index in [4.69, 9.17) is 5.26 Å². The Morgan fingerprint density at radius 1 is 1.19 bits per heavy atom. The minimum atomic E-state index is 0.609. The quantitative estimate of drug-likeness (QED) is 0.860. The van der Waals surface area contributed by atoms with Gasteiger partial charge in [-0.1, -0.05) is 6.92 Å². The van der Waals surface area contributed by atoms with Crippen LogP contribution in [0.4, 0.5) is 17.3 Å². The number of hydrogen-bond acceptors (Lipinski definition) is 5. The van der Waals surface area contributed by atoms with Gasteiger partial charge in [0.1, 0.15) is 17.5 Å². The van der Waals surface area contributed by atoms with Crippen molar-refractivity contribution in [3.63, 3.8) is 0 Å². The SMILES string of the molecule is CCNc1cc(Nc2ccc(C#N)cc2Br)nc(CC)n1. The van der Waals surface area contributed by atoms with Crippen molar-refractivity contribution >= 4 is 33.3 Å². The highest BCUT2D eigenvalue weighted by Gasteiger charge is 2.06. The van der Waals surface area contributed by atoms with E-state index >= 15 is 0 Å². The van der Waals surface area contributed by atoms with Gasteiger partial charge in [-0.05, 0) is 41.1 Å². The maximum atomic E-state index is 8.89. The van der Waals surface area contributed by atoms with Crippen molar-refractivity contribution in [3.05, 3.63) is 40.1 Å². The maximum Gasteiger partial charge on any atom is 0.136 e. The van der Waals surface area contributed by atoms with Crippen LogP contribution in [0.1, 0.15) is 25.2 Å². The van der Waals surface area contributed by atoms with Gasteiger partial charge in [0.25, 0.3) is 0 Å². The first-order chi connectivity index (χ1) is 10.2. The average Bonchev–Trinajstić information content (AvgIpc) is 2.49. The van der Waals surface area contributed by atoms with E-state index in [9.17, 15) is 0 Å². The van der Waals surface area contributed by atoms with Crippen LogP contribution in [-0.2, 0) is 6.42 Å². The van der Waals surface area contributed by atoms with Gasteiger partial charge in [-0.3, -0.25) is 0 Å². The predicted molar refractivity (Wildman–Crippen MR) is 87.7 cm³/mol. The Morgan fingerprint density at radius 3 is 2.57 bits per heavy atom. The van der Waals surface area contributed by atoms with E-state index in [1.165, 1.54) is 0 Å². The molecule has 0 atom stereocenters. The van der Waals surface area contributed by atoms with Crippen molar-refractivity contribution in [2.75, 3.05) is 17.2 Å². The van der Waals surface area contributed by atoms with Crippen molar-refractivity contribution in [1.29, 1.82) is 5.26 Å². The number of aryl methyl sites for hydroxylation is 1. The van der Waals surface area contributed by atoms with Crippen LogP contribution in [0.25, 0.3) is 0 Å². The number of nitrogens with one attached hydrogen (secondary N) is 2. The molecule has 0 saturated heterocycles. The summed E-state index contributed by atoms with van der Waals surface area (Å²) in [5.41, 5.74) is 1.47. The summed E-state index contributed by atoms with van der Waals surface area (Å²) in [4.78, 5) is 8.88. The van der Waals surface area contributed by atoms with Crippen LogP contribution in [0.5, 0.6) is 0 Å². The molecule has 2 aromatic rings. The first-order valence-electron chi connectivity index (χ1n) is 6.74. The fourth-order valence-electron chi connectivity index (χ4n) is 1.81. The number of benzene rings is 1. The minimum Gasteiger partial charge on any atom is -0.370 e. The van der Waals surface area contributed by atoms with Gasteiger partial charge in [0, 0.05) is 23.5 Å². The Morgan fingerprint density at radius 2 is 1.95 bits per heavy atom. The maximum absolute atomic E-state index is 8.89. The standard InChI is InChI=1S/C15H16BrN5/c1-3-13-20-14(18-4-2)8-15(21-13)19-12-6-5-10(9-17)7-11(12)16/h5-8H,3-4H2,1-2H3,(H2,18,19,20,21). The van der Waals surface area contributed by atoms with E-state index in [-0.39, 0.29) is 0 Å². The number of aromatic nitrogens is 2. The highest BCUT2D eigenvalue weighted by atomic mass is 79.9.